The summed E-state index contributed by atoms with van der Waals surface area (Å²) >= 11 is 0. The van der Waals surface area contributed by atoms with E-state index >= 15 is 0 Å². The van der Waals surface area contributed by atoms with Crippen molar-refractivity contribution in [3.05, 3.63) is 231 Å². The van der Waals surface area contributed by atoms with E-state index in [4.69, 9.17) is 4.98 Å². The maximum atomic E-state index is 5.26. The van der Waals surface area contributed by atoms with E-state index in [1.54, 1.807) is 0 Å². The van der Waals surface area contributed by atoms with Gasteiger partial charge in [-0.3, -0.25) is 0 Å². The lowest BCUT2D eigenvalue weighted by molar-refractivity contribution is 1.11. The average molecular weight is 803 g/mol. The van der Waals surface area contributed by atoms with Gasteiger partial charge < -0.3 is 13.7 Å². The van der Waals surface area contributed by atoms with E-state index < -0.39 is 0 Å². The molecule has 294 valence electrons. The molecule has 4 heteroatoms. The molecule has 0 saturated carbocycles. The average Bonchev–Trinajstić information content (AvgIpc) is 4.00. The van der Waals surface area contributed by atoms with Crippen LogP contribution in [0.2, 0.25) is 0 Å². The summed E-state index contributed by atoms with van der Waals surface area (Å²) in [4.78, 5) is 5.26. The van der Waals surface area contributed by atoms with Crippen molar-refractivity contribution in [1.29, 1.82) is 0 Å². The summed E-state index contributed by atoms with van der Waals surface area (Å²) in [5, 5.41) is 7.34. The highest BCUT2D eigenvalue weighted by molar-refractivity contribution is 6.16. The Kier molecular flexibility index (Phi) is 7.87. The molecule has 0 aliphatic rings. The van der Waals surface area contributed by atoms with Crippen LogP contribution in [0.4, 0.5) is 0 Å². The van der Waals surface area contributed by atoms with Crippen LogP contribution in [-0.4, -0.2) is 18.7 Å². The summed E-state index contributed by atoms with van der Waals surface area (Å²) in [5.74, 6) is 0. The molecule has 13 aromatic rings. The van der Waals surface area contributed by atoms with Gasteiger partial charge in [-0.05, 0) is 77.9 Å². The Morgan fingerprint density at radius 3 is 1.16 bits per heavy atom. The minimum Gasteiger partial charge on any atom is -0.309 e. The third-order valence-electron chi connectivity index (χ3n) is 12.8. The van der Waals surface area contributed by atoms with Crippen molar-refractivity contribution in [2.75, 3.05) is 0 Å². The summed E-state index contributed by atoms with van der Waals surface area (Å²) in [6, 6.07) is 83.3. The van der Waals surface area contributed by atoms with Crippen molar-refractivity contribution < 1.29 is 0 Å². The van der Waals surface area contributed by atoms with Crippen LogP contribution in [0.5, 0.6) is 0 Å². The number of pyridine rings is 1. The normalized spacial score (nSPS) is 11.8. The van der Waals surface area contributed by atoms with Gasteiger partial charge in [0, 0.05) is 54.8 Å². The van der Waals surface area contributed by atoms with Crippen LogP contribution in [-0.2, 0) is 0 Å². The molecule has 0 amide bonds. The zero-order valence-electron chi connectivity index (χ0n) is 34.2. The number of para-hydroxylation sites is 5. The lowest BCUT2D eigenvalue weighted by Crippen LogP contribution is -2.03. The second-order valence-electron chi connectivity index (χ2n) is 16.4. The second-order valence-corrected chi connectivity index (χ2v) is 16.4. The van der Waals surface area contributed by atoms with Gasteiger partial charge in [0.2, 0.25) is 0 Å². The Hall–Kier alpha value is -8.47. The number of hydrogen-bond donors (Lipinski definition) is 0. The van der Waals surface area contributed by atoms with Crippen molar-refractivity contribution >= 4 is 65.4 Å². The van der Waals surface area contributed by atoms with Crippen LogP contribution in [0.3, 0.4) is 0 Å². The Balaban J connectivity index is 1.09. The number of nitrogens with zero attached hydrogens (tertiary/aromatic N) is 4. The molecule has 4 nitrogen and oxygen atoms in total. The lowest BCUT2D eigenvalue weighted by atomic mass is 10.00. The molecule has 9 aromatic carbocycles. The summed E-state index contributed by atoms with van der Waals surface area (Å²) < 4.78 is 7.40. The Morgan fingerprint density at radius 2 is 0.651 bits per heavy atom. The Bertz CT molecular complexity index is 3720. The number of aromatic nitrogens is 4. The SMILES string of the molecule is c1ccc(-c2cc(-c3ccccc3)nc(-c3ccc(-n4c5ccccc5c5cc(-n6c7ccccc7c7ccccc76)cc(-n6c7ccccc7c7ccccc76)c54)cc3)c2)cc1. The molecule has 0 fully saturated rings. The summed E-state index contributed by atoms with van der Waals surface area (Å²) in [6.07, 6.45) is 0. The minimum atomic E-state index is 0.936. The smallest absolute Gasteiger partial charge is 0.0784 e. The van der Waals surface area contributed by atoms with Crippen LogP contribution in [0, 0.1) is 0 Å². The van der Waals surface area contributed by atoms with Gasteiger partial charge in [-0.2, -0.15) is 0 Å². The topological polar surface area (TPSA) is 27.7 Å². The molecule has 0 aliphatic heterocycles. The van der Waals surface area contributed by atoms with Gasteiger partial charge in [0.25, 0.3) is 0 Å². The first kappa shape index (κ1) is 35.3. The van der Waals surface area contributed by atoms with Crippen molar-refractivity contribution in [3.8, 4) is 50.7 Å². The molecule has 0 unspecified atom stereocenters. The molecule has 0 atom stereocenters. The first-order chi connectivity index (χ1) is 31.3. The van der Waals surface area contributed by atoms with Crippen molar-refractivity contribution in [2.45, 2.75) is 0 Å². The quantitative estimate of drug-likeness (QED) is 0.165. The zero-order chi connectivity index (χ0) is 41.4. The van der Waals surface area contributed by atoms with E-state index in [2.05, 4.69) is 244 Å². The molecule has 0 N–H and O–H groups in total. The molecule has 0 bridgehead atoms. The number of rotatable bonds is 6. The Morgan fingerprint density at radius 1 is 0.254 bits per heavy atom. The monoisotopic (exact) mass is 802 g/mol. The van der Waals surface area contributed by atoms with Gasteiger partial charge in [-0.15, -0.1) is 0 Å². The summed E-state index contributed by atoms with van der Waals surface area (Å²) in [5.41, 5.74) is 16.7. The zero-order valence-corrected chi connectivity index (χ0v) is 34.2. The van der Waals surface area contributed by atoms with Crippen LogP contribution >= 0.6 is 0 Å². The number of hydrogen-bond acceptors (Lipinski definition) is 1. The van der Waals surface area contributed by atoms with Crippen LogP contribution < -0.4 is 0 Å². The first-order valence-electron chi connectivity index (χ1n) is 21.5. The highest BCUT2D eigenvalue weighted by Gasteiger charge is 2.23. The number of fused-ring (bicyclic) bond motifs is 9. The van der Waals surface area contributed by atoms with Crippen molar-refractivity contribution in [2.24, 2.45) is 0 Å². The standard InChI is InChI=1S/C59H38N4/c1-3-17-39(18-4-1)42-35-51(40-19-5-2-6-20-40)60-52(36-42)41-31-33-43(34-32-41)62-55-28-14-11-25-49(55)50-37-44(61-53-26-12-7-21-45(53)46-22-8-13-27-54(46)61)38-58(59(50)62)63-56-29-15-9-23-47(56)48-24-10-16-30-57(48)63/h1-38H. The van der Waals surface area contributed by atoms with E-state index in [9.17, 15) is 0 Å². The molecular weight excluding hydrogens is 765 g/mol. The van der Waals surface area contributed by atoms with Crippen molar-refractivity contribution in [3.63, 3.8) is 0 Å². The van der Waals surface area contributed by atoms with E-state index in [1.807, 2.05) is 0 Å². The van der Waals surface area contributed by atoms with Gasteiger partial charge in [0.05, 0.1) is 50.2 Å². The van der Waals surface area contributed by atoms with E-state index in [0.717, 1.165) is 61.7 Å². The third-order valence-corrected chi connectivity index (χ3v) is 12.8. The second kappa shape index (κ2) is 14.1. The van der Waals surface area contributed by atoms with Gasteiger partial charge >= 0.3 is 0 Å². The van der Waals surface area contributed by atoms with Gasteiger partial charge in [0.15, 0.2) is 0 Å². The van der Waals surface area contributed by atoms with Gasteiger partial charge in [0.1, 0.15) is 0 Å². The Labute approximate surface area is 363 Å². The van der Waals surface area contributed by atoms with E-state index in [-0.39, 0.29) is 0 Å². The fourth-order valence-corrected chi connectivity index (χ4v) is 10.0. The maximum absolute atomic E-state index is 5.26. The maximum Gasteiger partial charge on any atom is 0.0784 e. The molecular formula is C59H38N4. The van der Waals surface area contributed by atoms with Crippen LogP contribution in [0.1, 0.15) is 0 Å². The van der Waals surface area contributed by atoms with Crippen molar-refractivity contribution in [1.82, 2.24) is 18.7 Å². The highest BCUT2D eigenvalue weighted by Crippen LogP contribution is 2.43. The lowest BCUT2D eigenvalue weighted by Gasteiger charge is -2.17. The fraction of sp³-hybridized carbons (Fsp3) is 0. The molecule has 13 rings (SSSR count). The number of benzene rings is 9. The molecule has 63 heavy (non-hydrogen) atoms. The first-order valence-corrected chi connectivity index (χ1v) is 21.5. The molecule has 4 aromatic heterocycles. The highest BCUT2D eigenvalue weighted by atomic mass is 15.1. The predicted molar refractivity (Wildman–Crippen MR) is 264 cm³/mol. The molecule has 0 radical (unpaired) electrons. The summed E-state index contributed by atoms with van der Waals surface area (Å²) in [7, 11) is 0. The summed E-state index contributed by atoms with van der Waals surface area (Å²) in [6.45, 7) is 0. The molecule has 0 aliphatic carbocycles. The molecule has 4 heterocycles. The van der Waals surface area contributed by atoms with E-state index in [1.165, 1.54) is 54.4 Å². The molecule has 0 saturated heterocycles. The molecule has 0 spiro atoms. The fourth-order valence-electron chi connectivity index (χ4n) is 10.0. The third kappa shape index (κ3) is 5.52. The van der Waals surface area contributed by atoms with E-state index in [0.29, 0.717) is 0 Å². The van der Waals surface area contributed by atoms with Gasteiger partial charge in [-0.25, -0.2) is 4.98 Å². The van der Waals surface area contributed by atoms with Crippen LogP contribution in [0.25, 0.3) is 116 Å². The van der Waals surface area contributed by atoms with Crippen LogP contribution in [0.15, 0.2) is 231 Å². The minimum absolute atomic E-state index is 0.936. The van der Waals surface area contributed by atoms with Gasteiger partial charge in [-0.1, -0.05) is 164 Å². The largest absolute Gasteiger partial charge is 0.309 e. The predicted octanol–water partition coefficient (Wildman–Crippen LogP) is 15.4.